The molecule has 1 aromatic heterocycles. The summed E-state index contributed by atoms with van der Waals surface area (Å²) in [6, 6.07) is 11.2. The van der Waals surface area contributed by atoms with Crippen molar-refractivity contribution < 1.29 is 14.3 Å². The highest BCUT2D eigenvalue weighted by Crippen LogP contribution is 2.37. The number of amides is 1. The molecule has 0 bridgehead atoms. The van der Waals surface area contributed by atoms with Crippen LogP contribution in [0.1, 0.15) is 24.2 Å². The molecule has 1 amide bonds. The van der Waals surface area contributed by atoms with E-state index >= 15 is 0 Å². The van der Waals surface area contributed by atoms with Crippen molar-refractivity contribution in [1.29, 1.82) is 0 Å². The van der Waals surface area contributed by atoms with Crippen LogP contribution in [-0.2, 0) is 0 Å². The lowest BCUT2D eigenvalue weighted by Gasteiger charge is -2.24. The maximum Gasteiger partial charge on any atom is 0.260 e. The largest absolute Gasteiger partial charge is 0.493 e. The van der Waals surface area contributed by atoms with E-state index in [9.17, 15) is 4.79 Å². The Morgan fingerprint density at radius 2 is 1.77 bits per heavy atom. The Balaban J connectivity index is 2.01. The van der Waals surface area contributed by atoms with Gasteiger partial charge in [0.2, 0.25) is 0 Å². The monoisotopic (exact) mass is 491 g/mol. The van der Waals surface area contributed by atoms with Crippen LogP contribution in [0.4, 0.5) is 5.13 Å². The minimum Gasteiger partial charge on any atom is -0.493 e. The van der Waals surface area contributed by atoms with Gasteiger partial charge in [-0.15, -0.1) is 0 Å². The number of likely N-dealkylation sites (N-methyl/N-ethyl adjacent to an activating group) is 1. The van der Waals surface area contributed by atoms with Gasteiger partial charge in [-0.2, -0.15) is 0 Å². The molecule has 0 spiro atoms. The van der Waals surface area contributed by atoms with Crippen molar-refractivity contribution in [1.82, 2.24) is 9.88 Å². The number of nitrogens with zero attached hydrogens (tertiary/aromatic N) is 3. The number of aromatic nitrogens is 1. The summed E-state index contributed by atoms with van der Waals surface area (Å²) < 4.78 is 12.6. The number of rotatable bonds is 9. The van der Waals surface area contributed by atoms with Crippen LogP contribution >= 0.6 is 27.3 Å². The zero-order valence-corrected chi connectivity index (χ0v) is 20.0. The van der Waals surface area contributed by atoms with E-state index in [0.29, 0.717) is 28.7 Å². The van der Waals surface area contributed by atoms with Crippen LogP contribution in [0.15, 0.2) is 40.9 Å². The highest BCUT2D eigenvalue weighted by Gasteiger charge is 2.23. The van der Waals surface area contributed by atoms with Crippen molar-refractivity contribution in [2.45, 2.75) is 13.8 Å². The number of fused-ring (bicyclic) bond motifs is 1. The topological polar surface area (TPSA) is 54.9 Å². The molecule has 6 nitrogen and oxygen atoms in total. The Morgan fingerprint density at radius 1 is 1.07 bits per heavy atom. The van der Waals surface area contributed by atoms with Crippen LogP contribution in [0.5, 0.6) is 11.5 Å². The lowest BCUT2D eigenvalue weighted by Crippen LogP contribution is -2.38. The van der Waals surface area contributed by atoms with Gasteiger partial charge in [0.15, 0.2) is 16.6 Å². The molecule has 0 saturated carbocycles. The Bertz CT molecular complexity index is 979. The molecule has 0 fully saturated rings. The number of anilines is 1. The van der Waals surface area contributed by atoms with Gasteiger partial charge in [0.05, 0.1) is 24.4 Å². The zero-order chi connectivity index (χ0) is 21.7. The molecule has 1 heterocycles. The van der Waals surface area contributed by atoms with Gasteiger partial charge in [-0.25, -0.2) is 4.98 Å². The van der Waals surface area contributed by atoms with Gasteiger partial charge in [-0.1, -0.05) is 47.2 Å². The fraction of sp³-hybridized carbons (Fsp3) is 0.364. The number of methoxy groups -OCH3 is 2. The van der Waals surface area contributed by atoms with E-state index in [4.69, 9.17) is 14.5 Å². The summed E-state index contributed by atoms with van der Waals surface area (Å²) >= 11 is 4.94. The number of benzene rings is 2. The highest BCUT2D eigenvalue weighted by atomic mass is 79.9. The quantitative estimate of drug-likeness (QED) is 0.418. The smallest absolute Gasteiger partial charge is 0.260 e. The zero-order valence-electron chi connectivity index (χ0n) is 17.6. The molecule has 160 valence electrons. The van der Waals surface area contributed by atoms with Crippen LogP contribution in [0.2, 0.25) is 0 Å². The maximum atomic E-state index is 13.4. The van der Waals surface area contributed by atoms with E-state index < -0.39 is 0 Å². The molecule has 0 atom stereocenters. The van der Waals surface area contributed by atoms with Gasteiger partial charge in [-0.3, -0.25) is 9.69 Å². The Kier molecular flexibility index (Phi) is 7.69. The normalized spacial score (nSPS) is 11.1. The first-order chi connectivity index (χ1) is 14.5. The summed E-state index contributed by atoms with van der Waals surface area (Å²) in [5.74, 6) is 1.20. The van der Waals surface area contributed by atoms with Gasteiger partial charge in [-0.05, 0) is 31.3 Å². The summed E-state index contributed by atoms with van der Waals surface area (Å²) in [6.07, 6.45) is 0. The number of hydrogen-bond acceptors (Lipinski definition) is 6. The fourth-order valence-electron chi connectivity index (χ4n) is 3.20. The Hall–Kier alpha value is -2.16. The first kappa shape index (κ1) is 22.5. The molecule has 0 aliphatic carbocycles. The average Bonchev–Trinajstić information content (AvgIpc) is 3.17. The van der Waals surface area contributed by atoms with Gasteiger partial charge < -0.3 is 14.4 Å². The van der Waals surface area contributed by atoms with Crippen LogP contribution in [0.25, 0.3) is 10.2 Å². The molecule has 3 rings (SSSR count). The lowest BCUT2D eigenvalue weighted by atomic mass is 10.2. The first-order valence-corrected chi connectivity index (χ1v) is 11.4. The van der Waals surface area contributed by atoms with Gasteiger partial charge in [0.1, 0.15) is 0 Å². The van der Waals surface area contributed by atoms with Gasteiger partial charge in [0, 0.05) is 35.3 Å². The van der Waals surface area contributed by atoms with Crippen molar-refractivity contribution in [2.24, 2.45) is 0 Å². The standard InChI is InChI=1S/C22H26BrN3O3S/c1-5-25(6-2)10-11-26(21(27)15-8-7-9-16(23)12-15)22-24-17-13-18(28-3)19(29-4)14-20(17)30-22/h7-9,12-14H,5-6,10-11H2,1-4H3. The minimum atomic E-state index is -0.0681. The first-order valence-electron chi connectivity index (χ1n) is 9.83. The van der Waals surface area contributed by atoms with E-state index in [0.717, 1.165) is 34.3 Å². The van der Waals surface area contributed by atoms with Crippen molar-refractivity contribution in [3.63, 3.8) is 0 Å². The summed E-state index contributed by atoms with van der Waals surface area (Å²) in [4.78, 5) is 22.2. The molecule has 8 heteroatoms. The number of halogens is 1. The number of carbonyl (C=O) groups is 1. The highest BCUT2D eigenvalue weighted by molar-refractivity contribution is 9.10. The fourth-order valence-corrected chi connectivity index (χ4v) is 4.60. The van der Waals surface area contributed by atoms with E-state index in [1.165, 1.54) is 11.3 Å². The van der Waals surface area contributed by atoms with Gasteiger partial charge in [0.25, 0.3) is 5.91 Å². The predicted octanol–water partition coefficient (Wildman–Crippen LogP) is 5.06. The molecular formula is C22H26BrN3O3S. The van der Waals surface area contributed by atoms with Crippen LogP contribution < -0.4 is 14.4 Å². The summed E-state index contributed by atoms with van der Waals surface area (Å²) in [6.45, 7) is 7.45. The van der Waals surface area contributed by atoms with Crippen molar-refractivity contribution in [2.75, 3.05) is 45.3 Å². The lowest BCUT2D eigenvalue weighted by molar-refractivity contribution is 0.0983. The number of hydrogen-bond donors (Lipinski definition) is 0. The Labute approximate surface area is 189 Å². The predicted molar refractivity (Wildman–Crippen MR) is 126 cm³/mol. The molecule has 0 saturated heterocycles. The number of ether oxygens (including phenoxy) is 2. The maximum absolute atomic E-state index is 13.4. The molecule has 0 aliphatic rings. The third-order valence-corrected chi connectivity index (χ3v) is 6.50. The molecule has 0 N–H and O–H groups in total. The summed E-state index contributed by atoms with van der Waals surface area (Å²) in [5, 5.41) is 0.664. The van der Waals surface area contributed by atoms with Crippen LogP contribution in [0, 0.1) is 0 Å². The third-order valence-electron chi connectivity index (χ3n) is 4.96. The second-order valence-corrected chi connectivity index (χ2v) is 8.59. The van der Waals surface area contributed by atoms with E-state index in [1.807, 2.05) is 36.4 Å². The molecule has 30 heavy (non-hydrogen) atoms. The summed E-state index contributed by atoms with van der Waals surface area (Å²) in [7, 11) is 3.21. The molecule has 0 radical (unpaired) electrons. The second-order valence-electron chi connectivity index (χ2n) is 6.67. The van der Waals surface area contributed by atoms with E-state index in [2.05, 4.69) is 34.7 Å². The molecule has 0 aliphatic heterocycles. The molecule has 3 aromatic rings. The van der Waals surface area contributed by atoms with Gasteiger partial charge >= 0.3 is 0 Å². The van der Waals surface area contributed by atoms with Crippen molar-refractivity contribution in [3.8, 4) is 11.5 Å². The number of thiazole rings is 1. The molecule has 2 aromatic carbocycles. The van der Waals surface area contributed by atoms with Crippen LogP contribution in [-0.4, -0.2) is 56.2 Å². The van der Waals surface area contributed by atoms with Crippen molar-refractivity contribution in [3.05, 3.63) is 46.4 Å². The summed E-state index contributed by atoms with van der Waals surface area (Å²) in [5.41, 5.74) is 1.40. The second kappa shape index (κ2) is 10.2. The van der Waals surface area contributed by atoms with E-state index in [-0.39, 0.29) is 5.91 Å². The minimum absolute atomic E-state index is 0.0681. The third kappa shape index (κ3) is 4.94. The van der Waals surface area contributed by atoms with E-state index in [1.54, 1.807) is 19.1 Å². The molecular weight excluding hydrogens is 466 g/mol. The average molecular weight is 492 g/mol. The number of carbonyl (C=O) groups excluding carboxylic acids is 1. The Morgan fingerprint density at radius 3 is 2.40 bits per heavy atom. The van der Waals surface area contributed by atoms with Crippen LogP contribution in [0.3, 0.4) is 0 Å². The van der Waals surface area contributed by atoms with Crippen molar-refractivity contribution >= 4 is 48.5 Å². The SMILES string of the molecule is CCN(CC)CCN(C(=O)c1cccc(Br)c1)c1nc2cc(OC)c(OC)cc2s1. The molecule has 0 unspecified atom stereocenters.